The summed E-state index contributed by atoms with van der Waals surface area (Å²) in [7, 11) is 0. The minimum Gasteiger partial charge on any atom is -0.388 e. The Morgan fingerprint density at radius 2 is 2.00 bits per heavy atom. The molecule has 0 spiro atoms. The van der Waals surface area contributed by atoms with Crippen LogP contribution in [0.25, 0.3) is 0 Å². The lowest BCUT2D eigenvalue weighted by Crippen LogP contribution is -2.40. The van der Waals surface area contributed by atoms with Crippen LogP contribution >= 0.6 is 0 Å². The van der Waals surface area contributed by atoms with Crippen molar-refractivity contribution in [3.63, 3.8) is 0 Å². The van der Waals surface area contributed by atoms with Crippen molar-refractivity contribution in [3.05, 3.63) is 35.4 Å². The predicted molar refractivity (Wildman–Crippen MR) is 77.1 cm³/mol. The highest BCUT2D eigenvalue weighted by molar-refractivity contribution is 5.94. The van der Waals surface area contributed by atoms with Crippen molar-refractivity contribution >= 4 is 5.91 Å². The minimum absolute atomic E-state index is 0.157. The van der Waals surface area contributed by atoms with Gasteiger partial charge in [-0.3, -0.25) is 4.79 Å². The van der Waals surface area contributed by atoms with Gasteiger partial charge in [0.25, 0.3) is 5.91 Å². The van der Waals surface area contributed by atoms with Crippen molar-refractivity contribution < 1.29 is 9.90 Å². The molecule has 0 aliphatic heterocycles. The first-order valence-corrected chi connectivity index (χ1v) is 6.78. The molecule has 19 heavy (non-hydrogen) atoms. The van der Waals surface area contributed by atoms with Gasteiger partial charge in [0.15, 0.2) is 0 Å². The van der Waals surface area contributed by atoms with Gasteiger partial charge < -0.3 is 16.2 Å². The van der Waals surface area contributed by atoms with Crippen LogP contribution in [0.5, 0.6) is 0 Å². The first-order valence-electron chi connectivity index (χ1n) is 6.78. The maximum absolute atomic E-state index is 11.9. The zero-order valence-electron chi connectivity index (χ0n) is 11.8. The van der Waals surface area contributed by atoms with Gasteiger partial charge in [0.05, 0.1) is 5.60 Å². The second kappa shape index (κ2) is 7.26. The van der Waals surface area contributed by atoms with Crippen molar-refractivity contribution in [2.24, 2.45) is 5.73 Å². The van der Waals surface area contributed by atoms with Crippen LogP contribution in [0.2, 0.25) is 0 Å². The van der Waals surface area contributed by atoms with Gasteiger partial charge in [0, 0.05) is 12.1 Å². The van der Waals surface area contributed by atoms with Crippen LogP contribution < -0.4 is 11.1 Å². The second-order valence-electron chi connectivity index (χ2n) is 5.17. The van der Waals surface area contributed by atoms with E-state index < -0.39 is 5.60 Å². The van der Waals surface area contributed by atoms with Crippen LogP contribution in [0.1, 0.15) is 42.6 Å². The average molecular weight is 264 g/mol. The Balaban J connectivity index is 2.53. The fourth-order valence-corrected chi connectivity index (χ4v) is 1.99. The first kappa shape index (κ1) is 15.7. The molecule has 1 amide bonds. The number of amides is 1. The standard InChI is InChI=1S/C15H24N2O2/c1-3-9-15(2,19)11-17-14(18)13-6-4-12(5-7-13)8-10-16/h4-7,19H,3,8-11,16H2,1-2H3,(H,17,18). The third-order valence-electron chi connectivity index (χ3n) is 3.07. The van der Waals surface area contributed by atoms with Gasteiger partial charge in [-0.05, 0) is 44.0 Å². The highest BCUT2D eigenvalue weighted by Crippen LogP contribution is 2.11. The Kier molecular flexibility index (Phi) is 5.99. The lowest BCUT2D eigenvalue weighted by atomic mass is 10.0. The number of benzene rings is 1. The van der Waals surface area contributed by atoms with Crippen molar-refractivity contribution in [1.82, 2.24) is 5.32 Å². The summed E-state index contributed by atoms with van der Waals surface area (Å²) in [6.45, 7) is 4.61. The van der Waals surface area contributed by atoms with E-state index in [0.717, 1.165) is 18.4 Å². The largest absolute Gasteiger partial charge is 0.388 e. The van der Waals surface area contributed by atoms with Gasteiger partial charge >= 0.3 is 0 Å². The average Bonchev–Trinajstić information content (AvgIpc) is 2.37. The van der Waals surface area contributed by atoms with Crippen molar-refractivity contribution in [3.8, 4) is 0 Å². The molecule has 0 radical (unpaired) electrons. The van der Waals surface area contributed by atoms with E-state index in [1.165, 1.54) is 0 Å². The van der Waals surface area contributed by atoms with E-state index in [4.69, 9.17) is 5.73 Å². The fraction of sp³-hybridized carbons (Fsp3) is 0.533. The van der Waals surface area contributed by atoms with Crippen LogP contribution in [0.15, 0.2) is 24.3 Å². The molecule has 1 aromatic rings. The summed E-state index contributed by atoms with van der Waals surface area (Å²) in [5.74, 6) is -0.157. The quantitative estimate of drug-likeness (QED) is 0.698. The topological polar surface area (TPSA) is 75.3 Å². The molecule has 0 aromatic heterocycles. The van der Waals surface area contributed by atoms with Crippen molar-refractivity contribution in [2.75, 3.05) is 13.1 Å². The summed E-state index contributed by atoms with van der Waals surface area (Å²) in [4.78, 5) is 11.9. The summed E-state index contributed by atoms with van der Waals surface area (Å²) in [6, 6.07) is 7.39. The molecule has 0 saturated heterocycles. The molecular weight excluding hydrogens is 240 g/mol. The van der Waals surface area contributed by atoms with E-state index >= 15 is 0 Å². The zero-order chi connectivity index (χ0) is 14.3. The van der Waals surface area contributed by atoms with Gasteiger partial charge in [0.1, 0.15) is 0 Å². The number of nitrogens with two attached hydrogens (primary N) is 1. The van der Waals surface area contributed by atoms with Gasteiger partial charge in [-0.15, -0.1) is 0 Å². The molecule has 4 heteroatoms. The minimum atomic E-state index is -0.843. The third-order valence-corrected chi connectivity index (χ3v) is 3.07. The third kappa shape index (κ3) is 5.41. The molecule has 1 rings (SSSR count). The number of aliphatic hydroxyl groups is 1. The number of rotatable bonds is 7. The van der Waals surface area contributed by atoms with E-state index in [9.17, 15) is 9.90 Å². The van der Waals surface area contributed by atoms with Crippen molar-refractivity contribution in [1.29, 1.82) is 0 Å². The number of carbonyl (C=O) groups is 1. The smallest absolute Gasteiger partial charge is 0.251 e. The first-order chi connectivity index (χ1) is 8.98. The molecule has 1 atom stereocenters. The maximum atomic E-state index is 11.9. The Morgan fingerprint density at radius 1 is 1.37 bits per heavy atom. The van der Waals surface area contributed by atoms with E-state index in [-0.39, 0.29) is 12.5 Å². The molecule has 106 valence electrons. The molecule has 0 heterocycles. The molecule has 0 bridgehead atoms. The van der Waals surface area contributed by atoms with Gasteiger partial charge in [-0.1, -0.05) is 25.5 Å². The summed E-state index contributed by atoms with van der Waals surface area (Å²) in [6.07, 6.45) is 2.37. The van der Waals surface area contributed by atoms with E-state index in [0.29, 0.717) is 18.5 Å². The summed E-state index contributed by atoms with van der Waals surface area (Å²) >= 11 is 0. The van der Waals surface area contributed by atoms with Crippen LogP contribution in [-0.2, 0) is 6.42 Å². The van der Waals surface area contributed by atoms with Crippen LogP contribution in [0.3, 0.4) is 0 Å². The lowest BCUT2D eigenvalue weighted by molar-refractivity contribution is 0.0469. The van der Waals surface area contributed by atoms with E-state index in [1.54, 1.807) is 19.1 Å². The Morgan fingerprint density at radius 3 is 2.53 bits per heavy atom. The molecule has 0 fully saturated rings. The normalized spacial score (nSPS) is 13.9. The number of hydrogen-bond donors (Lipinski definition) is 3. The van der Waals surface area contributed by atoms with Gasteiger partial charge in [0.2, 0.25) is 0 Å². The monoisotopic (exact) mass is 264 g/mol. The number of hydrogen-bond acceptors (Lipinski definition) is 3. The van der Waals surface area contributed by atoms with Crippen LogP contribution in [0, 0.1) is 0 Å². The zero-order valence-corrected chi connectivity index (χ0v) is 11.8. The highest BCUT2D eigenvalue weighted by Gasteiger charge is 2.20. The molecule has 0 aliphatic carbocycles. The van der Waals surface area contributed by atoms with Gasteiger partial charge in [-0.25, -0.2) is 0 Å². The van der Waals surface area contributed by atoms with E-state index in [2.05, 4.69) is 5.32 Å². The number of nitrogens with one attached hydrogen (secondary N) is 1. The fourth-order valence-electron chi connectivity index (χ4n) is 1.99. The molecule has 0 saturated carbocycles. The lowest BCUT2D eigenvalue weighted by Gasteiger charge is -2.22. The summed E-state index contributed by atoms with van der Waals surface area (Å²) < 4.78 is 0. The Hall–Kier alpha value is -1.39. The van der Waals surface area contributed by atoms with Crippen LogP contribution in [0.4, 0.5) is 0 Å². The summed E-state index contributed by atoms with van der Waals surface area (Å²) in [5.41, 5.74) is 6.36. The molecule has 1 aromatic carbocycles. The highest BCUT2D eigenvalue weighted by atomic mass is 16.3. The molecule has 0 aliphatic rings. The molecule has 1 unspecified atom stereocenters. The molecular formula is C15H24N2O2. The number of carbonyl (C=O) groups excluding carboxylic acids is 1. The second-order valence-corrected chi connectivity index (χ2v) is 5.17. The van der Waals surface area contributed by atoms with Crippen LogP contribution in [-0.4, -0.2) is 29.7 Å². The predicted octanol–water partition coefficient (Wildman–Crippen LogP) is 1.47. The Labute approximate surface area is 115 Å². The Bertz CT molecular complexity index is 399. The van der Waals surface area contributed by atoms with Crippen molar-refractivity contribution in [2.45, 2.75) is 38.7 Å². The van der Waals surface area contributed by atoms with Gasteiger partial charge in [-0.2, -0.15) is 0 Å². The van der Waals surface area contributed by atoms with E-state index in [1.807, 2.05) is 19.1 Å². The SMILES string of the molecule is CCCC(C)(O)CNC(=O)c1ccc(CCN)cc1. The maximum Gasteiger partial charge on any atom is 0.251 e. The summed E-state index contributed by atoms with van der Waals surface area (Å²) in [5, 5.41) is 12.8. The molecule has 4 N–H and O–H groups in total. The molecule has 4 nitrogen and oxygen atoms in total.